The van der Waals surface area contributed by atoms with Crippen LogP contribution in [-0.2, 0) is 11.3 Å². The molecule has 4 aromatic rings. The molecule has 2 aromatic heterocycles. The lowest BCUT2D eigenvalue weighted by molar-refractivity contribution is -0.117. The maximum atomic E-state index is 12.4. The first kappa shape index (κ1) is 17.4. The molecule has 0 radical (unpaired) electrons. The molecule has 1 amide bonds. The number of benzene rings is 2. The number of nitrogens with one attached hydrogen (secondary N) is 1. The molecule has 5 rings (SSSR count). The maximum absolute atomic E-state index is 12.4. The monoisotopic (exact) mass is 389 g/mol. The third-order valence-corrected chi connectivity index (χ3v) is 5.33. The molecule has 1 fully saturated rings. The van der Waals surface area contributed by atoms with Gasteiger partial charge in [0.2, 0.25) is 17.6 Å². The topological polar surface area (TPSA) is 97.0 Å². The van der Waals surface area contributed by atoms with Crippen LogP contribution in [0.2, 0.25) is 0 Å². The summed E-state index contributed by atoms with van der Waals surface area (Å²) in [6.45, 7) is 3.03. The van der Waals surface area contributed by atoms with E-state index in [1.54, 1.807) is 9.47 Å². The van der Waals surface area contributed by atoms with Crippen molar-refractivity contribution < 1.29 is 9.32 Å². The molecule has 29 heavy (non-hydrogen) atoms. The van der Waals surface area contributed by atoms with Crippen LogP contribution in [0.5, 0.6) is 0 Å². The number of amides is 1. The molecular weight excluding hydrogens is 370 g/mol. The summed E-state index contributed by atoms with van der Waals surface area (Å²) in [5.41, 5.74) is 3.05. The number of hydrogen-bond donors (Lipinski definition) is 1. The second-order valence-corrected chi connectivity index (χ2v) is 7.10. The SMILES string of the molecule is CCn1c(=O)[nH]c2cc(-c3noc(C4CC(=O)N(c5ccccc5)C4)n3)ccc21. The summed E-state index contributed by atoms with van der Waals surface area (Å²) in [4.78, 5) is 33.6. The number of anilines is 1. The van der Waals surface area contributed by atoms with Crippen LogP contribution < -0.4 is 10.6 Å². The Morgan fingerprint density at radius 3 is 2.79 bits per heavy atom. The number of nitrogens with zero attached hydrogens (tertiary/aromatic N) is 4. The maximum Gasteiger partial charge on any atom is 0.326 e. The van der Waals surface area contributed by atoms with Gasteiger partial charge < -0.3 is 14.4 Å². The summed E-state index contributed by atoms with van der Waals surface area (Å²) < 4.78 is 7.15. The Kier molecular flexibility index (Phi) is 4.04. The van der Waals surface area contributed by atoms with Gasteiger partial charge in [-0.05, 0) is 37.3 Å². The van der Waals surface area contributed by atoms with Gasteiger partial charge in [-0.15, -0.1) is 0 Å². The van der Waals surface area contributed by atoms with Crippen LogP contribution in [0.4, 0.5) is 5.69 Å². The van der Waals surface area contributed by atoms with Gasteiger partial charge in [-0.25, -0.2) is 4.79 Å². The van der Waals surface area contributed by atoms with E-state index in [0.29, 0.717) is 31.2 Å². The lowest BCUT2D eigenvalue weighted by Gasteiger charge is -2.15. The number of hydrogen-bond acceptors (Lipinski definition) is 5. The van der Waals surface area contributed by atoms with Gasteiger partial charge in [-0.2, -0.15) is 4.98 Å². The molecular formula is C21H19N5O3. The number of aryl methyl sites for hydroxylation is 1. The molecule has 8 heteroatoms. The molecule has 1 aliphatic rings. The minimum atomic E-state index is -0.145. The van der Waals surface area contributed by atoms with Gasteiger partial charge in [0.25, 0.3) is 0 Å². The van der Waals surface area contributed by atoms with Crippen molar-refractivity contribution in [2.24, 2.45) is 0 Å². The molecule has 2 aromatic carbocycles. The van der Waals surface area contributed by atoms with E-state index in [4.69, 9.17) is 4.52 Å². The van der Waals surface area contributed by atoms with Crippen LogP contribution in [-0.4, -0.2) is 32.1 Å². The van der Waals surface area contributed by atoms with Crippen molar-refractivity contribution >= 4 is 22.6 Å². The normalized spacial score (nSPS) is 16.8. The van der Waals surface area contributed by atoms with Gasteiger partial charge >= 0.3 is 5.69 Å². The van der Waals surface area contributed by atoms with E-state index in [1.165, 1.54) is 0 Å². The van der Waals surface area contributed by atoms with E-state index in [0.717, 1.165) is 22.3 Å². The second-order valence-electron chi connectivity index (χ2n) is 7.10. The number of carbonyl (C=O) groups is 1. The summed E-state index contributed by atoms with van der Waals surface area (Å²) in [7, 11) is 0. The van der Waals surface area contributed by atoms with Crippen LogP contribution in [0.1, 0.15) is 25.2 Å². The number of carbonyl (C=O) groups excluding carboxylic acids is 1. The highest BCUT2D eigenvalue weighted by molar-refractivity contribution is 5.96. The van der Waals surface area contributed by atoms with Crippen molar-refractivity contribution in [2.45, 2.75) is 25.8 Å². The Hall–Kier alpha value is -3.68. The molecule has 0 aliphatic carbocycles. The Labute approximate surface area is 165 Å². The van der Waals surface area contributed by atoms with E-state index in [1.807, 2.05) is 55.5 Å². The predicted octanol–water partition coefficient (Wildman–Crippen LogP) is 2.92. The molecule has 0 spiro atoms. The average Bonchev–Trinajstić information content (AvgIpc) is 3.44. The number of fused-ring (bicyclic) bond motifs is 1. The Morgan fingerprint density at radius 2 is 2.00 bits per heavy atom. The second kappa shape index (κ2) is 6.73. The molecule has 1 saturated heterocycles. The first-order valence-electron chi connectivity index (χ1n) is 9.56. The van der Waals surface area contributed by atoms with Gasteiger partial charge in [0, 0.05) is 30.8 Å². The number of imidazole rings is 1. The van der Waals surface area contributed by atoms with Crippen molar-refractivity contribution in [3.05, 3.63) is 64.9 Å². The molecule has 146 valence electrons. The fourth-order valence-corrected chi connectivity index (χ4v) is 3.87. The van der Waals surface area contributed by atoms with E-state index in [2.05, 4.69) is 15.1 Å². The summed E-state index contributed by atoms with van der Waals surface area (Å²) >= 11 is 0. The molecule has 0 bridgehead atoms. The van der Waals surface area contributed by atoms with Crippen molar-refractivity contribution in [1.29, 1.82) is 0 Å². The molecule has 0 saturated carbocycles. The van der Waals surface area contributed by atoms with Gasteiger partial charge in [-0.1, -0.05) is 23.4 Å². The number of para-hydroxylation sites is 1. The Morgan fingerprint density at radius 1 is 1.17 bits per heavy atom. The third-order valence-electron chi connectivity index (χ3n) is 5.33. The molecule has 1 aliphatic heterocycles. The number of aromatic nitrogens is 4. The van der Waals surface area contributed by atoms with Crippen molar-refractivity contribution in [3.8, 4) is 11.4 Å². The quantitative estimate of drug-likeness (QED) is 0.579. The largest absolute Gasteiger partial charge is 0.339 e. The average molecular weight is 389 g/mol. The first-order chi connectivity index (χ1) is 14.1. The molecule has 1 N–H and O–H groups in total. The highest BCUT2D eigenvalue weighted by Gasteiger charge is 2.35. The van der Waals surface area contributed by atoms with Crippen LogP contribution in [0.25, 0.3) is 22.4 Å². The predicted molar refractivity (Wildman–Crippen MR) is 108 cm³/mol. The summed E-state index contributed by atoms with van der Waals surface area (Å²) in [5.74, 6) is 0.790. The third kappa shape index (κ3) is 2.93. The summed E-state index contributed by atoms with van der Waals surface area (Å²) in [6, 6.07) is 15.2. The van der Waals surface area contributed by atoms with E-state index in [-0.39, 0.29) is 17.5 Å². The smallest absolute Gasteiger partial charge is 0.326 e. The van der Waals surface area contributed by atoms with Gasteiger partial charge in [0.1, 0.15) is 0 Å². The first-order valence-corrected chi connectivity index (χ1v) is 9.56. The summed E-state index contributed by atoms with van der Waals surface area (Å²) in [6.07, 6.45) is 0.336. The molecule has 1 atom stereocenters. The molecule has 1 unspecified atom stereocenters. The highest BCUT2D eigenvalue weighted by atomic mass is 16.5. The zero-order chi connectivity index (χ0) is 20.0. The van der Waals surface area contributed by atoms with Crippen molar-refractivity contribution in [1.82, 2.24) is 19.7 Å². The van der Waals surface area contributed by atoms with Crippen molar-refractivity contribution in [2.75, 3.05) is 11.4 Å². The molecule has 8 nitrogen and oxygen atoms in total. The summed E-state index contributed by atoms with van der Waals surface area (Å²) in [5, 5.41) is 4.10. The van der Waals surface area contributed by atoms with Crippen LogP contribution in [0, 0.1) is 0 Å². The minimum absolute atomic E-state index is 0.0425. The number of H-pyrrole nitrogens is 1. The van der Waals surface area contributed by atoms with Gasteiger partial charge in [0.05, 0.1) is 17.0 Å². The number of rotatable bonds is 4. The highest BCUT2D eigenvalue weighted by Crippen LogP contribution is 2.32. The lowest BCUT2D eigenvalue weighted by Crippen LogP contribution is -2.24. The lowest BCUT2D eigenvalue weighted by atomic mass is 10.1. The standard InChI is InChI=1S/C21H19N5O3/c1-2-25-17-9-8-13(10-16(17)22-21(25)28)19-23-20(29-24-19)14-11-18(27)26(12-14)15-6-4-3-5-7-15/h3-10,14H,2,11-12H2,1H3,(H,22,28). The Balaban J connectivity index is 1.42. The fraction of sp³-hybridized carbons (Fsp3) is 0.238. The van der Waals surface area contributed by atoms with E-state index >= 15 is 0 Å². The number of aromatic amines is 1. The van der Waals surface area contributed by atoms with Crippen LogP contribution in [0.15, 0.2) is 57.8 Å². The zero-order valence-electron chi connectivity index (χ0n) is 15.8. The van der Waals surface area contributed by atoms with E-state index < -0.39 is 0 Å². The van der Waals surface area contributed by atoms with E-state index in [9.17, 15) is 9.59 Å². The fourth-order valence-electron chi connectivity index (χ4n) is 3.87. The zero-order valence-corrected chi connectivity index (χ0v) is 15.8. The van der Waals surface area contributed by atoms with Gasteiger partial charge in [0.15, 0.2) is 0 Å². The van der Waals surface area contributed by atoms with Gasteiger partial charge in [-0.3, -0.25) is 9.36 Å². The minimum Gasteiger partial charge on any atom is -0.339 e. The Bertz CT molecular complexity index is 1250. The van der Waals surface area contributed by atoms with Crippen LogP contribution in [0.3, 0.4) is 0 Å². The molecule has 3 heterocycles. The van der Waals surface area contributed by atoms with Crippen LogP contribution >= 0.6 is 0 Å². The van der Waals surface area contributed by atoms with Crippen molar-refractivity contribution in [3.63, 3.8) is 0 Å².